The van der Waals surface area contributed by atoms with Crippen molar-refractivity contribution in [1.82, 2.24) is 20.2 Å². The molecule has 96 valence electrons. The van der Waals surface area contributed by atoms with Crippen LogP contribution in [0.1, 0.15) is 32.2 Å². The van der Waals surface area contributed by atoms with Gasteiger partial charge in [0.25, 0.3) is 0 Å². The number of esters is 1. The van der Waals surface area contributed by atoms with E-state index >= 15 is 0 Å². The number of hydrogen-bond acceptors (Lipinski definition) is 5. The van der Waals surface area contributed by atoms with Crippen LogP contribution < -0.4 is 0 Å². The van der Waals surface area contributed by atoms with Gasteiger partial charge in [-0.3, -0.25) is 4.79 Å². The summed E-state index contributed by atoms with van der Waals surface area (Å²) >= 11 is 6.01. The predicted molar refractivity (Wildman–Crippen MR) is 65.7 cm³/mol. The van der Waals surface area contributed by atoms with Crippen LogP contribution in [0.15, 0.2) is 18.2 Å². The van der Waals surface area contributed by atoms with Crippen LogP contribution in [0, 0.1) is 0 Å². The summed E-state index contributed by atoms with van der Waals surface area (Å²) in [6, 6.07) is 0. The van der Waals surface area contributed by atoms with E-state index in [4.69, 9.17) is 16.3 Å². The first-order valence-electron chi connectivity index (χ1n) is 5.56. The van der Waals surface area contributed by atoms with Gasteiger partial charge in [0.1, 0.15) is 0 Å². The Morgan fingerprint density at radius 2 is 2.44 bits per heavy atom. The Kier molecular flexibility index (Phi) is 3.76. The first-order chi connectivity index (χ1) is 8.56. The summed E-state index contributed by atoms with van der Waals surface area (Å²) in [7, 11) is 0. The molecule has 0 aliphatic heterocycles. The van der Waals surface area contributed by atoms with Crippen molar-refractivity contribution < 1.29 is 9.53 Å². The third-order valence-corrected chi connectivity index (χ3v) is 2.67. The van der Waals surface area contributed by atoms with Crippen LogP contribution in [0.4, 0.5) is 0 Å². The van der Waals surface area contributed by atoms with Crippen LogP contribution in [0.2, 0.25) is 0 Å². The summed E-state index contributed by atoms with van der Waals surface area (Å²) in [4.78, 5) is 12.2. The lowest BCUT2D eigenvalue weighted by Gasteiger charge is -2.09. The second kappa shape index (κ2) is 5.30. The number of carbonyl (C=O) groups is 1. The van der Waals surface area contributed by atoms with Crippen molar-refractivity contribution >= 4 is 23.3 Å². The molecule has 18 heavy (non-hydrogen) atoms. The monoisotopic (exact) mass is 268 g/mol. The molecule has 2 rings (SSSR count). The topological polar surface area (TPSA) is 69.9 Å². The molecule has 6 nitrogen and oxygen atoms in total. The Hall–Kier alpha value is -1.69. The first-order valence-corrected chi connectivity index (χ1v) is 6.00. The number of aromatic nitrogens is 4. The van der Waals surface area contributed by atoms with Gasteiger partial charge in [-0.1, -0.05) is 6.08 Å². The molecule has 0 fully saturated rings. The fraction of sp³-hybridized carbons (Fsp3) is 0.455. The van der Waals surface area contributed by atoms with Crippen LogP contribution in [0.3, 0.4) is 0 Å². The number of tetrazole rings is 1. The Labute approximate surface area is 109 Å². The average molecular weight is 269 g/mol. The highest BCUT2D eigenvalue weighted by atomic mass is 35.5. The normalized spacial score (nSPS) is 20.4. The van der Waals surface area contributed by atoms with E-state index in [-0.39, 0.29) is 11.3 Å². The van der Waals surface area contributed by atoms with Crippen molar-refractivity contribution in [1.29, 1.82) is 0 Å². The van der Waals surface area contributed by atoms with Gasteiger partial charge in [0.15, 0.2) is 6.10 Å². The number of nitrogens with zero attached hydrogens (tertiary/aromatic N) is 4. The van der Waals surface area contributed by atoms with Gasteiger partial charge < -0.3 is 4.74 Å². The summed E-state index contributed by atoms with van der Waals surface area (Å²) < 4.78 is 4.98. The Morgan fingerprint density at radius 1 is 1.67 bits per heavy atom. The van der Waals surface area contributed by atoms with Crippen LogP contribution in [-0.2, 0) is 9.53 Å². The maximum absolute atomic E-state index is 10.8. The van der Waals surface area contributed by atoms with E-state index in [1.807, 2.05) is 18.2 Å². The number of ether oxygens (including phenoxy) is 1. The minimum absolute atomic E-state index is 0.0645. The van der Waals surface area contributed by atoms with Crippen molar-refractivity contribution in [3.8, 4) is 0 Å². The molecule has 2 atom stereocenters. The highest BCUT2D eigenvalue weighted by Crippen LogP contribution is 2.18. The number of alkyl halides is 1. The first kappa shape index (κ1) is 12.8. The maximum atomic E-state index is 10.8. The summed E-state index contributed by atoms with van der Waals surface area (Å²) in [6.07, 6.45) is 5.95. The van der Waals surface area contributed by atoms with Gasteiger partial charge in [0.05, 0.1) is 11.1 Å². The van der Waals surface area contributed by atoms with Crippen LogP contribution in [0.25, 0.3) is 5.70 Å². The zero-order valence-corrected chi connectivity index (χ0v) is 10.8. The van der Waals surface area contributed by atoms with Crippen molar-refractivity contribution in [2.45, 2.75) is 31.7 Å². The van der Waals surface area contributed by atoms with E-state index in [0.717, 1.165) is 12.1 Å². The molecule has 1 aromatic rings. The fourth-order valence-corrected chi connectivity index (χ4v) is 1.79. The summed E-state index contributed by atoms with van der Waals surface area (Å²) in [6.45, 7) is 3.03. The lowest BCUT2D eigenvalue weighted by atomic mass is 10.1. The molecule has 0 aromatic carbocycles. The molecule has 1 aliphatic rings. The average Bonchev–Trinajstić information content (AvgIpc) is 2.77. The van der Waals surface area contributed by atoms with Crippen molar-refractivity contribution in [3.05, 3.63) is 24.1 Å². The quantitative estimate of drug-likeness (QED) is 0.616. The molecule has 1 aromatic heterocycles. The van der Waals surface area contributed by atoms with Crippen molar-refractivity contribution in [2.24, 2.45) is 0 Å². The molecule has 0 radical (unpaired) electrons. The van der Waals surface area contributed by atoms with Gasteiger partial charge in [0, 0.05) is 6.92 Å². The smallest absolute Gasteiger partial charge is 0.303 e. The molecule has 0 saturated carbocycles. The minimum atomic E-state index is -0.517. The van der Waals surface area contributed by atoms with E-state index in [9.17, 15) is 4.79 Å². The minimum Gasteiger partial charge on any atom is -0.454 e. The molecule has 7 heteroatoms. The molecule has 0 N–H and O–H groups in total. The fourth-order valence-electron chi connectivity index (χ4n) is 1.56. The summed E-state index contributed by atoms with van der Waals surface area (Å²) in [5, 5.41) is 11.9. The van der Waals surface area contributed by atoms with Gasteiger partial charge >= 0.3 is 5.97 Å². The van der Waals surface area contributed by atoms with Crippen molar-refractivity contribution in [2.75, 3.05) is 0 Å². The largest absolute Gasteiger partial charge is 0.454 e. The molecule has 1 unspecified atom stereocenters. The van der Waals surface area contributed by atoms with Crippen molar-refractivity contribution in [3.63, 3.8) is 0 Å². The number of halogens is 1. The number of carbonyl (C=O) groups excluding carboxylic acids is 1. The Balaban J connectivity index is 2.15. The summed E-state index contributed by atoms with van der Waals surface area (Å²) in [5.74, 6) is -0.0207. The third-order valence-electron chi connectivity index (χ3n) is 2.37. The predicted octanol–water partition coefficient (Wildman–Crippen LogP) is 1.71. The zero-order valence-electron chi connectivity index (χ0n) is 10.1. The second-order valence-electron chi connectivity index (χ2n) is 3.93. The molecule has 1 heterocycles. The van der Waals surface area contributed by atoms with E-state index in [1.54, 1.807) is 6.92 Å². The lowest BCUT2D eigenvalue weighted by Crippen LogP contribution is -2.08. The highest BCUT2D eigenvalue weighted by Gasteiger charge is 2.16. The number of rotatable bonds is 3. The molecular formula is C11H13ClN4O2. The number of hydrogen-bond donors (Lipinski definition) is 0. The van der Waals surface area contributed by atoms with Gasteiger partial charge in [-0.2, -0.15) is 0 Å². The SMILES string of the molecule is CC(=O)O[C@H](C)c1nnn(C2=CC(Cl)CC=C2)n1. The van der Waals surface area contributed by atoms with E-state index < -0.39 is 6.10 Å². The maximum Gasteiger partial charge on any atom is 0.303 e. The Morgan fingerprint density at radius 3 is 3.11 bits per heavy atom. The van der Waals surface area contributed by atoms with Crippen LogP contribution in [0.5, 0.6) is 0 Å². The van der Waals surface area contributed by atoms with E-state index in [1.165, 1.54) is 11.7 Å². The number of allylic oxidation sites excluding steroid dienone is 4. The zero-order chi connectivity index (χ0) is 13.1. The van der Waals surface area contributed by atoms with Gasteiger partial charge in [0.2, 0.25) is 5.82 Å². The summed E-state index contributed by atoms with van der Waals surface area (Å²) in [5.41, 5.74) is 0.759. The third kappa shape index (κ3) is 2.95. The molecule has 0 spiro atoms. The second-order valence-corrected chi connectivity index (χ2v) is 4.49. The van der Waals surface area contributed by atoms with E-state index in [2.05, 4.69) is 15.4 Å². The van der Waals surface area contributed by atoms with Gasteiger partial charge in [-0.25, -0.2) is 0 Å². The van der Waals surface area contributed by atoms with E-state index in [0.29, 0.717) is 5.82 Å². The standard InChI is InChI=1S/C11H13ClN4O2/c1-7(18-8(2)17)11-13-15-16(14-11)10-5-3-4-9(12)6-10/h3,5-7,9H,4H2,1-2H3/t7-,9?/m1/s1. The highest BCUT2D eigenvalue weighted by molar-refractivity contribution is 6.22. The molecule has 0 bridgehead atoms. The molecular weight excluding hydrogens is 256 g/mol. The van der Waals surface area contributed by atoms with Gasteiger partial charge in [-0.05, 0) is 30.7 Å². The van der Waals surface area contributed by atoms with Crippen LogP contribution >= 0.6 is 11.6 Å². The lowest BCUT2D eigenvalue weighted by molar-refractivity contribution is -0.146. The molecule has 1 aliphatic carbocycles. The molecule has 0 saturated heterocycles. The van der Waals surface area contributed by atoms with Crippen LogP contribution in [-0.4, -0.2) is 31.6 Å². The Bertz CT molecular complexity index is 509. The molecule has 0 amide bonds. The van der Waals surface area contributed by atoms with Gasteiger partial charge in [-0.15, -0.1) is 26.6 Å².